The number of benzene rings is 1. The van der Waals surface area contributed by atoms with Crippen LogP contribution >= 0.6 is 0 Å². The fourth-order valence-electron chi connectivity index (χ4n) is 2.24. The van der Waals surface area contributed by atoms with Gasteiger partial charge < -0.3 is 5.32 Å². The summed E-state index contributed by atoms with van der Waals surface area (Å²) in [4.78, 5) is 12.3. The number of aromatic nitrogens is 2. The van der Waals surface area contributed by atoms with E-state index in [0.29, 0.717) is 17.2 Å². The predicted octanol–water partition coefficient (Wildman–Crippen LogP) is 1.45. The van der Waals surface area contributed by atoms with Crippen LogP contribution in [0.3, 0.4) is 0 Å². The number of aromatic amines is 1. The van der Waals surface area contributed by atoms with E-state index >= 15 is 0 Å². The van der Waals surface area contributed by atoms with E-state index < -0.39 is 10.0 Å². The number of rotatable bonds is 7. The Morgan fingerprint density at radius 3 is 2.71 bits per heavy atom. The molecule has 0 radical (unpaired) electrons. The number of amides is 1. The molecule has 0 aliphatic rings. The Balaban J connectivity index is 2.02. The SMILES string of the molecule is CNS(=O)(=O)c1cccc(CNC(=O)c2cc(CC(C)C)[nH]n2)c1. The fourth-order valence-corrected chi connectivity index (χ4v) is 3.04. The highest BCUT2D eigenvalue weighted by atomic mass is 32.2. The van der Waals surface area contributed by atoms with Crippen LogP contribution in [0.25, 0.3) is 0 Å². The lowest BCUT2D eigenvalue weighted by molar-refractivity contribution is 0.0946. The van der Waals surface area contributed by atoms with Gasteiger partial charge in [-0.15, -0.1) is 0 Å². The Morgan fingerprint density at radius 2 is 2.04 bits per heavy atom. The average Bonchev–Trinajstić information content (AvgIpc) is 3.00. The topological polar surface area (TPSA) is 104 Å². The Kier molecular flexibility index (Phi) is 5.74. The predicted molar refractivity (Wildman–Crippen MR) is 91.0 cm³/mol. The van der Waals surface area contributed by atoms with Gasteiger partial charge in [0.2, 0.25) is 10.0 Å². The number of sulfonamides is 1. The highest BCUT2D eigenvalue weighted by Gasteiger charge is 2.13. The lowest BCUT2D eigenvalue weighted by Gasteiger charge is -2.06. The second-order valence-electron chi connectivity index (χ2n) is 5.91. The molecule has 2 aromatic rings. The second-order valence-corrected chi connectivity index (χ2v) is 7.80. The third kappa shape index (κ3) is 4.65. The van der Waals surface area contributed by atoms with Crippen LogP contribution in [0.15, 0.2) is 35.2 Å². The summed E-state index contributed by atoms with van der Waals surface area (Å²) in [6.07, 6.45) is 0.824. The number of hydrogen-bond donors (Lipinski definition) is 3. The molecule has 0 fully saturated rings. The lowest BCUT2D eigenvalue weighted by atomic mass is 10.1. The molecule has 3 N–H and O–H groups in total. The Labute approximate surface area is 141 Å². The van der Waals surface area contributed by atoms with Crippen molar-refractivity contribution in [3.05, 3.63) is 47.3 Å². The van der Waals surface area contributed by atoms with E-state index in [-0.39, 0.29) is 17.3 Å². The minimum atomic E-state index is -3.50. The first-order chi connectivity index (χ1) is 11.3. The maximum atomic E-state index is 12.1. The van der Waals surface area contributed by atoms with Crippen LogP contribution in [0.1, 0.15) is 35.6 Å². The van der Waals surface area contributed by atoms with Crippen LogP contribution in [0, 0.1) is 5.92 Å². The molecule has 0 unspecified atom stereocenters. The maximum Gasteiger partial charge on any atom is 0.272 e. The van der Waals surface area contributed by atoms with Crippen molar-refractivity contribution in [3.63, 3.8) is 0 Å². The molecule has 2 rings (SSSR count). The molecule has 1 heterocycles. The van der Waals surface area contributed by atoms with Gasteiger partial charge in [-0.1, -0.05) is 26.0 Å². The van der Waals surface area contributed by atoms with Crippen molar-refractivity contribution in [1.82, 2.24) is 20.2 Å². The van der Waals surface area contributed by atoms with Crippen LogP contribution in [0.5, 0.6) is 0 Å². The van der Waals surface area contributed by atoms with Gasteiger partial charge in [-0.05, 0) is 43.1 Å². The van der Waals surface area contributed by atoms with Crippen LogP contribution in [-0.4, -0.2) is 31.6 Å². The highest BCUT2D eigenvalue weighted by molar-refractivity contribution is 7.89. The molecular formula is C16H22N4O3S. The molecule has 24 heavy (non-hydrogen) atoms. The van der Waals surface area contributed by atoms with Crippen molar-refractivity contribution in [2.45, 2.75) is 31.7 Å². The first kappa shape index (κ1) is 18.2. The van der Waals surface area contributed by atoms with Crippen LogP contribution in [0.4, 0.5) is 0 Å². The van der Waals surface area contributed by atoms with Gasteiger partial charge in [0.1, 0.15) is 5.69 Å². The van der Waals surface area contributed by atoms with Crippen molar-refractivity contribution in [1.29, 1.82) is 0 Å². The molecular weight excluding hydrogens is 328 g/mol. The molecule has 1 aromatic carbocycles. The summed E-state index contributed by atoms with van der Waals surface area (Å²) in [6, 6.07) is 8.16. The van der Waals surface area contributed by atoms with Crippen LogP contribution < -0.4 is 10.0 Å². The molecule has 1 aromatic heterocycles. The smallest absolute Gasteiger partial charge is 0.272 e. The van der Waals surface area contributed by atoms with Gasteiger partial charge in [0.25, 0.3) is 5.91 Å². The number of hydrogen-bond acceptors (Lipinski definition) is 4. The van der Waals surface area contributed by atoms with Crippen molar-refractivity contribution in [2.24, 2.45) is 5.92 Å². The number of H-pyrrole nitrogens is 1. The molecule has 0 saturated carbocycles. The molecule has 8 heteroatoms. The highest BCUT2D eigenvalue weighted by Crippen LogP contribution is 2.11. The van der Waals surface area contributed by atoms with Gasteiger partial charge in [-0.2, -0.15) is 5.10 Å². The number of nitrogens with zero attached hydrogens (tertiary/aromatic N) is 1. The van der Waals surface area contributed by atoms with E-state index in [4.69, 9.17) is 0 Å². The molecule has 0 aliphatic carbocycles. The van der Waals surface area contributed by atoms with Gasteiger partial charge >= 0.3 is 0 Å². The standard InChI is InChI=1S/C16H22N4O3S/c1-11(2)7-13-9-15(20-19-13)16(21)18-10-12-5-4-6-14(8-12)24(22,23)17-3/h4-6,8-9,11,17H,7,10H2,1-3H3,(H,18,21)(H,19,20). The van der Waals surface area contributed by atoms with Crippen molar-refractivity contribution >= 4 is 15.9 Å². The summed E-state index contributed by atoms with van der Waals surface area (Å²) < 4.78 is 25.8. The molecule has 130 valence electrons. The summed E-state index contributed by atoms with van der Waals surface area (Å²) in [5, 5.41) is 9.60. The van der Waals surface area contributed by atoms with Crippen molar-refractivity contribution in [3.8, 4) is 0 Å². The number of nitrogens with one attached hydrogen (secondary N) is 3. The van der Waals surface area contributed by atoms with E-state index in [9.17, 15) is 13.2 Å². The van der Waals surface area contributed by atoms with Crippen molar-refractivity contribution in [2.75, 3.05) is 7.05 Å². The molecule has 1 amide bonds. The van der Waals surface area contributed by atoms with Crippen LogP contribution in [0.2, 0.25) is 0 Å². The largest absolute Gasteiger partial charge is 0.347 e. The summed E-state index contributed by atoms with van der Waals surface area (Å²) in [7, 11) is -2.14. The fraction of sp³-hybridized carbons (Fsp3) is 0.375. The monoisotopic (exact) mass is 350 g/mol. The molecule has 7 nitrogen and oxygen atoms in total. The van der Waals surface area contributed by atoms with Gasteiger partial charge in [-0.3, -0.25) is 9.89 Å². The summed E-state index contributed by atoms with van der Waals surface area (Å²) in [5.41, 5.74) is 1.93. The van der Waals surface area contributed by atoms with Gasteiger partial charge in [-0.25, -0.2) is 13.1 Å². The Hall–Kier alpha value is -2.19. The summed E-state index contributed by atoms with van der Waals surface area (Å²) >= 11 is 0. The zero-order valence-corrected chi connectivity index (χ0v) is 14.8. The first-order valence-corrected chi connectivity index (χ1v) is 9.15. The minimum Gasteiger partial charge on any atom is -0.347 e. The van der Waals surface area contributed by atoms with Crippen molar-refractivity contribution < 1.29 is 13.2 Å². The summed E-state index contributed by atoms with van der Waals surface area (Å²) in [6.45, 7) is 4.40. The summed E-state index contributed by atoms with van der Waals surface area (Å²) in [5.74, 6) is 0.168. The van der Waals surface area contributed by atoms with E-state index in [1.807, 2.05) is 0 Å². The zero-order chi connectivity index (χ0) is 17.7. The Bertz CT molecular complexity index is 812. The number of carbonyl (C=O) groups excluding carboxylic acids is 1. The lowest BCUT2D eigenvalue weighted by Crippen LogP contribution is -2.23. The van der Waals surface area contributed by atoms with E-state index in [0.717, 1.165) is 12.1 Å². The zero-order valence-electron chi connectivity index (χ0n) is 14.0. The molecule has 0 saturated heterocycles. The minimum absolute atomic E-state index is 0.163. The molecule has 0 atom stereocenters. The molecule has 0 aliphatic heterocycles. The first-order valence-electron chi connectivity index (χ1n) is 7.67. The van der Waals surface area contributed by atoms with Gasteiger partial charge in [0.05, 0.1) is 4.90 Å². The second kappa shape index (κ2) is 7.59. The Morgan fingerprint density at radius 1 is 1.29 bits per heavy atom. The molecule has 0 bridgehead atoms. The maximum absolute atomic E-state index is 12.1. The molecule has 0 spiro atoms. The van der Waals surface area contributed by atoms with Gasteiger partial charge in [0, 0.05) is 12.2 Å². The van der Waals surface area contributed by atoms with E-state index in [1.165, 1.54) is 19.2 Å². The normalized spacial score (nSPS) is 11.7. The van der Waals surface area contributed by atoms with E-state index in [1.54, 1.807) is 18.2 Å². The van der Waals surface area contributed by atoms with Crippen LogP contribution in [-0.2, 0) is 23.0 Å². The average molecular weight is 350 g/mol. The third-order valence-electron chi connectivity index (χ3n) is 3.42. The third-order valence-corrected chi connectivity index (χ3v) is 4.83. The van der Waals surface area contributed by atoms with Gasteiger partial charge in [0.15, 0.2) is 0 Å². The number of carbonyl (C=O) groups is 1. The quantitative estimate of drug-likeness (QED) is 0.703. The van der Waals surface area contributed by atoms with E-state index in [2.05, 4.69) is 34.1 Å².